The molecule has 0 aliphatic carbocycles. The van der Waals surface area contributed by atoms with Crippen molar-refractivity contribution in [3.8, 4) is 0 Å². The van der Waals surface area contributed by atoms with Crippen LogP contribution in [0.3, 0.4) is 0 Å². The van der Waals surface area contributed by atoms with E-state index in [0.29, 0.717) is 22.5 Å². The van der Waals surface area contributed by atoms with E-state index in [0.717, 1.165) is 0 Å². The third-order valence-electron chi connectivity index (χ3n) is 3.56. The predicted octanol–water partition coefficient (Wildman–Crippen LogP) is 2.77. The van der Waals surface area contributed by atoms with E-state index in [1.807, 2.05) is 20.8 Å². The van der Waals surface area contributed by atoms with Crippen molar-refractivity contribution in [3.05, 3.63) is 63.1 Å². The van der Waals surface area contributed by atoms with Gasteiger partial charge in [-0.25, -0.2) is 0 Å². The molecule has 2 aromatic rings. The monoisotopic (exact) mass is 341 g/mol. The molecule has 6 nitrogen and oxygen atoms in total. The first-order valence-corrected chi connectivity index (χ1v) is 8.01. The van der Waals surface area contributed by atoms with Crippen LogP contribution in [-0.2, 0) is 0 Å². The fourth-order valence-corrected chi connectivity index (χ4v) is 2.43. The van der Waals surface area contributed by atoms with Crippen LogP contribution >= 0.6 is 0 Å². The van der Waals surface area contributed by atoms with Crippen LogP contribution in [0.1, 0.15) is 52.7 Å². The maximum atomic E-state index is 12.4. The van der Waals surface area contributed by atoms with Gasteiger partial charge in [0, 0.05) is 34.1 Å². The average molecular weight is 341 g/mol. The molecule has 0 bridgehead atoms. The highest BCUT2D eigenvalue weighted by molar-refractivity contribution is 6.06. The summed E-state index contributed by atoms with van der Waals surface area (Å²) in [6.07, 6.45) is 0. The number of hydrogen-bond donors (Lipinski definition) is 3. The number of pyridine rings is 1. The van der Waals surface area contributed by atoms with Crippen LogP contribution in [0.5, 0.6) is 0 Å². The third kappa shape index (κ3) is 4.79. The van der Waals surface area contributed by atoms with Crippen molar-refractivity contribution >= 4 is 17.5 Å². The quantitative estimate of drug-likeness (QED) is 0.802. The SMILES string of the molecule is Cc1cc(C(=O)Nc2cccc(C(=O)NC(C)(C)C)c2C)cc(=O)[nH]1. The summed E-state index contributed by atoms with van der Waals surface area (Å²) in [7, 11) is 0. The maximum Gasteiger partial charge on any atom is 0.255 e. The number of carbonyl (C=O) groups excluding carboxylic acids is 2. The molecule has 0 aliphatic heterocycles. The Balaban J connectivity index is 2.29. The Kier molecular flexibility index (Phi) is 5.11. The summed E-state index contributed by atoms with van der Waals surface area (Å²) in [5.41, 5.74) is 1.88. The molecule has 0 unspecified atom stereocenters. The molecular formula is C19H23N3O3. The molecule has 0 spiro atoms. The number of amides is 2. The number of aromatic nitrogens is 1. The van der Waals surface area contributed by atoms with Gasteiger partial charge in [0.2, 0.25) is 5.56 Å². The first-order valence-electron chi connectivity index (χ1n) is 8.01. The van der Waals surface area contributed by atoms with Crippen molar-refractivity contribution in [2.24, 2.45) is 0 Å². The molecule has 6 heteroatoms. The highest BCUT2D eigenvalue weighted by Gasteiger charge is 2.18. The Morgan fingerprint density at radius 3 is 2.32 bits per heavy atom. The molecule has 25 heavy (non-hydrogen) atoms. The fourth-order valence-electron chi connectivity index (χ4n) is 2.43. The zero-order chi connectivity index (χ0) is 18.8. The standard InChI is InChI=1S/C19H23N3O3/c1-11-9-13(10-16(23)20-11)17(24)21-15-8-6-7-14(12(15)2)18(25)22-19(3,4)5/h6-10H,1-5H3,(H,20,23)(H,21,24)(H,22,25). The smallest absolute Gasteiger partial charge is 0.255 e. The third-order valence-corrected chi connectivity index (χ3v) is 3.56. The molecule has 0 saturated carbocycles. The lowest BCUT2D eigenvalue weighted by Gasteiger charge is -2.21. The zero-order valence-electron chi connectivity index (χ0n) is 15.1. The van der Waals surface area contributed by atoms with Gasteiger partial charge in [0.15, 0.2) is 0 Å². The molecule has 0 saturated heterocycles. The summed E-state index contributed by atoms with van der Waals surface area (Å²) in [5, 5.41) is 5.67. The fraction of sp³-hybridized carbons (Fsp3) is 0.316. The van der Waals surface area contributed by atoms with E-state index < -0.39 is 5.91 Å². The molecule has 1 heterocycles. The molecule has 0 radical (unpaired) electrons. The lowest BCUT2D eigenvalue weighted by molar-refractivity contribution is 0.0918. The van der Waals surface area contributed by atoms with Crippen molar-refractivity contribution in [2.45, 2.75) is 40.2 Å². The number of carbonyl (C=O) groups is 2. The molecule has 1 aromatic heterocycles. The van der Waals surface area contributed by atoms with Crippen LogP contribution in [0.2, 0.25) is 0 Å². The zero-order valence-corrected chi connectivity index (χ0v) is 15.1. The van der Waals surface area contributed by atoms with Crippen LogP contribution < -0.4 is 16.2 Å². The number of rotatable bonds is 3. The van der Waals surface area contributed by atoms with Gasteiger partial charge >= 0.3 is 0 Å². The minimum absolute atomic E-state index is 0.201. The van der Waals surface area contributed by atoms with Gasteiger partial charge in [0.05, 0.1) is 0 Å². The molecule has 3 N–H and O–H groups in total. The second-order valence-electron chi connectivity index (χ2n) is 7.05. The van der Waals surface area contributed by atoms with Crippen LogP contribution in [0.4, 0.5) is 5.69 Å². The number of anilines is 1. The van der Waals surface area contributed by atoms with Crippen LogP contribution in [0, 0.1) is 13.8 Å². The van der Waals surface area contributed by atoms with Crippen LogP contribution in [0.15, 0.2) is 35.1 Å². The molecule has 0 fully saturated rings. The Morgan fingerprint density at radius 2 is 1.72 bits per heavy atom. The Hall–Kier alpha value is -2.89. The minimum atomic E-state index is -0.398. The van der Waals surface area contributed by atoms with Crippen molar-refractivity contribution in [2.75, 3.05) is 5.32 Å². The van der Waals surface area contributed by atoms with E-state index in [1.54, 1.807) is 38.1 Å². The summed E-state index contributed by atoms with van der Waals surface area (Å²) >= 11 is 0. The number of benzene rings is 1. The summed E-state index contributed by atoms with van der Waals surface area (Å²) in [6.45, 7) is 9.19. The topological polar surface area (TPSA) is 91.1 Å². The summed E-state index contributed by atoms with van der Waals surface area (Å²) in [5.74, 6) is -0.598. The Bertz CT molecular complexity index is 876. The van der Waals surface area contributed by atoms with Gasteiger partial charge in [-0.1, -0.05) is 6.07 Å². The summed E-state index contributed by atoms with van der Waals surface area (Å²) < 4.78 is 0. The van der Waals surface area contributed by atoms with Gasteiger partial charge in [-0.2, -0.15) is 0 Å². The van der Waals surface area contributed by atoms with Gasteiger partial charge in [0.25, 0.3) is 11.8 Å². The first-order chi connectivity index (χ1) is 11.6. The van der Waals surface area contributed by atoms with Crippen molar-refractivity contribution < 1.29 is 9.59 Å². The van der Waals surface area contributed by atoms with Crippen LogP contribution in [-0.4, -0.2) is 22.3 Å². The largest absolute Gasteiger partial charge is 0.347 e. The predicted molar refractivity (Wildman–Crippen MR) is 98.2 cm³/mol. The van der Waals surface area contributed by atoms with Crippen LogP contribution in [0.25, 0.3) is 0 Å². The average Bonchev–Trinajstić information content (AvgIpc) is 2.46. The molecule has 2 amide bonds. The normalized spacial score (nSPS) is 11.1. The number of H-pyrrole nitrogens is 1. The molecule has 1 aromatic carbocycles. The first kappa shape index (κ1) is 18.4. The van der Waals surface area contributed by atoms with Gasteiger partial charge in [-0.05, 0) is 58.4 Å². The highest BCUT2D eigenvalue weighted by Crippen LogP contribution is 2.20. The second-order valence-corrected chi connectivity index (χ2v) is 7.05. The number of hydrogen-bond acceptors (Lipinski definition) is 3. The molecule has 2 rings (SSSR count). The van der Waals surface area contributed by atoms with E-state index in [4.69, 9.17) is 0 Å². The van der Waals surface area contributed by atoms with E-state index in [-0.39, 0.29) is 22.6 Å². The molecule has 0 atom stereocenters. The molecule has 0 aliphatic rings. The Morgan fingerprint density at radius 1 is 1.04 bits per heavy atom. The summed E-state index contributed by atoms with van der Waals surface area (Å²) in [4.78, 5) is 38.9. The van der Waals surface area contributed by atoms with E-state index in [1.165, 1.54) is 6.07 Å². The van der Waals surface area contributed by atoms with Gasteiger partial charge in [-0.3, -0.25) is 14.4 Å². The number of aryl methyl sites for hydroxylation is 1. The van der Waals surface area contributed by atoms with Gasteiger partial charge in [0.1, 0.15) is 0 Å². The van der Waals surface area contributed by atoms with E-state index in [9.17, 15) is 14.4 Å². The summed E-state index contributed by atoms with van der Waals surface area (Å²) in [6, 6.07) is 7.99. The highest BCUT2D eigenvalue weighted by atomic mass is 16.2. The lowest BCUT2D eigenvalue weighted by atomic mass is 10.0. The molecule has 132 valence electrons. The van der Waals surface area contributed by atoms with Gasteiger partial charge in [-0.15, -0.1) is 0 Å². The minimum Gasteiger partial charge on any atom is -0.347 e. The second kappa shape index (κ2) is 6.93. The van der Waals surface area contributed by atoms with Crippen molar-refractivity contribution in [1.29, 1.82) is 0 Å². The van der Waals surface area contributed by atoms with E-state index in [2.05, 4.69) is 15.6 Å². The molecular weight excluding hydrogens is 318 g/mol. The van der Waals surface area contributed by atoms with Crippen molar-refractivity contribution in [1.82, 2.24) is 10.3 Å². The number of aromatic amines is 1. The number of nitrogens with one attached hydrogen (secondary N) is 3. The van der Waals surface area contributed by atoms with E-state index >= 15 is 0 Å². The van der Waals surface area contributed by atoms with Crippen molar-refractivity contribution in [3.63, 3.8) is 0 Å². The Labute approximate surface area is 146 Å². The maximum absolute atomic E-state index is 12.4. The lowest BCUT2D eigenvalue weighted by Crippen LogP contribution is -2.40. The van der Waals surface area contributed by atoms with Gasteiger partial charge < -0.3 is 15.6 Å².